The Hall–Kier alpha value is -0.570. The van der Waals surface area contributed by atoms with Crippen LogP contribution >= 0.6 is 0 Å². The van der Waals surface area contributed by atoms with Gasteiger partial charge in [0.15, 0.2) is 0 Å². The molecular formula is C11H21NO2. The van der Waals surface area contributed by atoms with E-state index in [0.717, 1.165) is 32.4 Å². The number of piperidine rings is 1. The summed E-state index contributed by atoms with van der Waals surface area (Å²) in [4.78, 5) is 11.7. The summed E-state index contributed by atoms with van der Waals surface area (Å²) in [6.45, 7) is 7.84. The van der Waals surface area contributed by atoms with Crippen molar-refractivity contribution in [2.24, 2.45) is 5.92 Å². The van der Waals surface area contributed by atoms with Gasteiger partial charge in [-0.25, -0.2) is 0 Å². The van der Waals surface area contributed by atoms with E-state index in [4.69, 9.17) is 4.74 Å². The predicted octanol–water partition coefficient (Wildman–Crippen LogP) is 1.72. The summed E-state index contributed by atoms with van der Waals surface area (Å²) >= 11 is 0. The minimum atomic E-state index is -0.304. The molecule has 1 heterocycles. The van der Waals surface area contributed by atoms with Crippen LogP contribution in [-0.2, 0) is 9.53 Å². The summed E-state index contributed by atoms with van der Waals surface area (Å²) in [7, 11) is 0. The topological polar surface area (TPSA) is 38.3 Å². The fraction of sp³-hybridized carbons (Fsp3) is 0.909. The van der Waals surface area contributed by atoms with E-state index in [1.807, 2.05) is 20.8 Å². The van der Waals surface area contributed by atoms with Gasteiger partial charge in [0.05, 0.1) is 5.92 Å². The molecule has 0 aromatic rings. The highest BCUT2D eigenvalue weighted by Gasteiger charge is 2.27. The van der Waals surface area contributed by atoms with Crippen LogP contribution in [0.2, 0.25) is 0 Å². The molecule has 1 fully saturated rings. The molecule has 0 amide bonds. The van der Waals surface area contributed by atoms with Gasteiger partial charge in [-0.3, -0.25) is 4.79 Å². The number of esters is 1. The van der Waals surface area contributed by atoms with Crippen LogP contribution < -0.4 is 5.32 Å². The Balaban J connectivity index is 2.40. The number of hydrogen-bond acceptors (Lipinski definition) is 3. The largest absolute Gasteiger partial charge is 0.459 e. The van der Waals surface area contributed by atoms with Crippen molar-refractivity contribution in [2.75, 3.05) is 13.1 Å². The second-order valence-corrected chi connectivity index (χ2v) is 4.56. The van der Waals surface area contributed by atoms with Gasteiger partial charge < -0.3 is 10.1 Å². The van der Waals surface area contributed by atoms with Crippen molar-refractivity contribution in [1.82, 2.24) is 5.32 Å². The second-order valence-electron chi connectivity index (χ2n) is 4.56. The van der Waals surface area contributed by atoms with E-state index in [1.54, 1.807) is 0 Å². The van der Waals surface area contributed by atoms with Gasteiger partial charge in [-0.1, -0.05) is 6.92 Å². The molecule has 3 nitrogen and oxygen atoms in total. The van der Waals surface area contributed by atoms with Gasteiger partial charge in [-0.15, -0.1) is 0 Å². The summed E-state index contributed by atoms with van der Waals surface area (Å²) in [6.07, 6.45) is 2.70. The smallest absolute Gasteiger partial charge is 0.309 e. The first kappa shape index (κ1) is 11.5. The van der Waals surface area contributed by atoms with Crippen LogP contribution in [0.15, 0.2) is 0 Å². The fourth-order valence-corrected chi connectivity index (χ4v) is 1.49. The van der Waals surface area contributed by atoms with Gasteiger partial charge in [0.25, 0.3) is 0 Å². The molecule has 1 aliphatic rings. The Morgan fingerprint density at radius 2 is 2.00 bits per heavy atom. The zero-order valence-corrected chi connectivity index (χ0v) is 9.43. The molecule has 0 atom stereocenters. The van der Waals surface area contributed by atoms with Crippen molar-refractivity contribution < 1.29 is 9.53 Å². The Morgan fingerprint density at radius 3 is 2.50 bits per heavy atom. The van der Waals surface area contributed by atoms with Crippen LogP contribution in [0.5, 0.6) is 0 Å². The minimum Gasteiger partial charge on any atom is -0.459 e. The quantitative estimate of drug-likeness (QED) is 0.703. The molecule has 14 heavy (non-hydrogen) atoms. The van der Waals surface area contributed by atoms with Crippen molar-refractivity contribution in [3.8, 4) is 0 Å². The molecule has 1 rings (SSSR count). The summed E-state index contributed by atoms with van der Waals surface area (Å²) in [5.41, 5.74) is -0.304. The number of nitrogens with one attached hydrogen (secondary N) is 1. The van der Waals surface area contributed by atoms with Crippen molar-refractivity contribution >= 4 is 5.97 Å². The SMILES string of the molecule is CCC(C)(C)OC(=O)C1CCNCC1. The number of carbonyl (C=O) groups excluding carboxylic acids is 1. The van der Waals surface area contributed by atoms with Gasteiger partial charge in [-0.2, -0.15) is 0 Å². The Kier molecular flexibility index (Phi) is 3.93. The number of rotatable bonds is 3. The highest BCUT2D eigenvalue weighted by molar-refractivity contribution is 5.73. The molecule has 0 unspecified atom stereocenters. The first-order valence-electron chi connectivity index (χ1n) is 5.49. The maximum atomic E-state index is 11.7. The van der Waals surface area contributed by atoms with E-state index in [1.165, 1.54) is 0 Å². The first-order chi connectivity index (χ1) is 6.55. The lowest BCUT2D eigenvalue weighted by atomic mass is 9.97. The van der Waals surface area contributed by atoms with Gasteiger partial charge in [-0.05, 0) is 46.2 Å². The third-order valence-electron chi connectivity index (χ3n) is 2.90. The lowest BCUT2D eigenvalue weighted by Gasteiger charge is -2.28. The summed E-state index contributed by atoms with van der Waals surface area (Å²) in [5, 5.41) is 3.24. The zero-order chi connectivity index (χ0) is 10.6. The van der Waals surface area contributed by atoms with E-state index in [0.29, 0.717) is 0 Å². The molecule has 3 heteroatoms. The molecule has 0 aromatic heterocycles. The van der Waals surface area contributed by atoms with Gasteiger partial charge in [0.2, 0.25) is 0 Å². The average Bonchev–Trinajstić information content (AvgIpc) is 2.19. The van der Waals surface area contributed by atoms with Crippen LogP contribution in [-0.4, -0.2) is 24.7 Å². The maximum Gasteiger partial charge on any atom is 0.309 e. The minimum absolute atomic E-state index is 0.0154. The van der Waals surface area contributed by atoms with E-state index >= 15 is 0 Å². The molecule has 0 aliphatic carbocycles. The van der Waals surface area contributed by atoms with Crippen LogP contribution in [0.3, 0.4) is 0 Å². The molecule has 0 spiro atoms. The monoisotopic (exact) mass is 199 g/mol. The van der Waals surface area contributed by atoms with E-state index < -0.39 is 0 Å². The number of hydrogen-bond donors (Lipinski definition) is 1. The fourth-order valence-electron chi connectivity index (χ4n) is 1.49. The highest BCUT2D eigenvalue weighted by atomic mass is 16.6. The van der Waals surface area contributed by atoms with Crippen molar-refractivity contribution in [1.29, 1.82) is 0 Å². The van der Waals surface area contributed by atoms with Crippen molar-refractivity contribution in [2.45, 2.75) is 45.6 Å². The standard InChI is InChI=1S/C11H21NO2/c1-4-11(2,3)14-10(13)9-5-7-12-8-6-9/h9,12H,4-8H2,1-3H3. The Labute approximate surface area is 86.2 Å². The molecule has 1 saturated heterocycles. The van der Waals surface area contributed by atoms with Crippen LogP contribution in [0.1, 0.15) is 40.0 Å². The van der Waals surface area contributed by atoms with E-state index in [-0.39, 0.29) is 17.5 Å². The summed E-state index contributed by atoms with van der Waals surface area (Å²) < 4.78 is 5.46. The van der Waals surface area contributed by atoms with Gasteiger partial charge >= 0.3 is 5.97 Å². The third kappa shape index (κ3) is 3.29. The molecule has 0 bridgehead atoms. The zero-order valence-electron chi connectivity index (χ0n) is 9.43. The van der Waals surface area contributed by atoms with Crippen LogP contribution in [0.25, 0.3) is 0 Å². The highest BCUT2D eigenvalue weighted by Crippen LogP contribution is 2.20. The lowest BCUT2D eigenvalue weighted by molar-refractivity contribution is -0.162. The molecular weight excluding hydrogens is 178 g/mol. The van der Waals surface area contributed by atoms with Crippen molar-refractivity contribution in [3.05, 3.63) is 0 Å². The summed E-state index contributed by atoms with van der Waals surface area (Å²) in [5.74, 6) is 0.0976. The summed E-state index contributed by atoms with van der Waals surface area (Å²) in [6, 6.07) is 0. The van der Waals surface area contributed by atoms with Gasteiger partial charge in [0.1, 0.15) is 5.60 Å². The Morgan fingerprint density at radius 1 is 1.43 bits per heavy atom. The molecule has 1 N–H and O–H groups in total. The molecule has 1 aliphatic heterocycles. The second kappa shape index (κ2) is 4.78. The first-order valence-corrected chi connectivity index (χ1v) is 5.49. The molecule has 0 radical (unpaired) electrons. The Bertz CT molecular complexity index is 195. The predicted molar refractivity (Wildman–Crippen MR) is 56.1 cm³/mol. The van der Waals surface area contributed by atoms with Crippen LogP contribution in [0, 0.1) is 5.92 Å². The third-order valence-corrected chi connectivity index (χ3v) is 2.90. The average molecular weight is 199 g/mol. The molecule has 0 aromatic carbocycles. The number of ether oxygens (including phenoxy) is 1. The molecule has 82 valence electrons. The number of carbonyl (C=O) groups is 1. The van der Waals surface area contributed by atoms with E-state index in [9.17, 15) is 4.79 Å². The molecule has 0 saturated carbocycles. The van der Waals surface area contributed by atoms with Crippen LogP contribution in [0.4, 0.5) is 0 Å². The van der Waals surface area contributed by atoms with E-state index in [2.05, 4.69) is 5.32 Å². The maximum absolute atomic E-state index is 11.7. The lowest BCUT2D eigenvalue weighted by Crippen LogP contribution is -2.36. The van der Waals surface area contributed by atoms with Crippen molar-refractivity contribution in [3.63, 3.8) is 0 Å². The normalized spacial score (nSPS) is 19.4. The van der Waals surface area contributed by atoms with Gasteiger partial charge in [0, 0.05) is 0 Å².